The number of nitrogens with one attached hydrogen (secondary N) is 1. The van der Waals surface area contributed by atoms with Crippen LogP contribution < -0.4 is 5.32 Å². The van der Waals surface area contributed by atoms with Gasteiger partial charge in [-0.15, -0.1) is 0 Å². The normalized spacial score (nSPS) is 11.6. The van der Waals surface area contributed by atoms with Gasteiger partial charge in [0.05, 0.1) is 0 Å². The summed E-state index contributed by atoms with van der Waals surface area (Å²) in [5, 5.41) is 3.50. The zero-order chi connectivity index (χ0) is 22.7. The number of ether oxygens (including phenoxy) is 1. The highest BCUT2D eigenvalue weighted by Crippen LogP contribution is 2.20. The monoisotopic (exact) mass is 439 g/mol. The van der Waals surface area contributed by atoms with Crippen LogP contribution >= 0.6 is 0 Å². The summed E-state index contributed by atoms with van der Waals surface area (Å²) in [6, 6.07) is 0. The van der Waals surface area contributed by atoms with Gasteiger partial charge in [0.1, 0.15) is 0 Å². The van der Waals surface area contributed by atoms with E-state index in [4.69, 9.17) is 4.74 Å². The lowest BCUT2D eigenvalue weighted by Crippen LogP contribution is -2.15. The molecule has 2 nitrogen and oxygen atoms in total. The maximum atomic E-state index is 6.15. The van der Waals surface area contributed by atoms with E-state index in [2.05, 4.69) is 26.1 Å². The number of unbranched alkanes of at least 4 members (excludes halogenated alkanes) is 15. The molecular formula is C29H61NO. The van der Waals surface area contributed by atoms with Crippen molar-refractivity contribution in [2.45, 2.75) is 156 Å². The highest BCUT2D eigenvalue weighted by atomic mass is 16.5. The molecule has 0 bridgehead atoms. The van der Waals surface area contributed by atoms with Crippen molar-refractivity contribution in [1.82, 2.24) is 5.32 Å². The van der Waals surface area contributed by atoms with Crippen LogP contribution in [0.5, 0.6) is 0 Å². The molecule has 0 heterocycles. The maximum absolute atomic E-state index is 6.15. The molecule has 31 heavy (non-hydrogen) atoms. The summed E-state index contributed by atoms with van der Waals surface area (Å²) in [5.74, 6) is 0.813. The Bertz CT molecular complexity index is 291. The third-order valence-electron chi connectivity index (χ3n) is 6.60. The first-order valence-electron chi connectivity index (χ1n) is 14.6. The van der Waals surface area contributed by atoms with Crippen molar-refractivity contribution in [2.24, 2.45) is 5.92 Å². The van der Waals surface area contributed by atoms with Gasteiger partial charge >= 0.3 is 0 Å². The fourth-order valence-corrected chi connectivity index (χ4v) is 4.45. The third kappa shape index (κ3) is 26.1. The van der Waals surface area contributed by atoms with Crippen LogP contribution in [0.3, 0.4) is 0 Å². The molecule has 0 unspecified atom stereocenters. The summed E-state index contributed by atoms with van der Waals surface area (Å²) in [6.07, 6.45) is 29.1. The van der Waals surface area contributed by atoms with Gasteiger partial charge in [0.15, 0.2) is 0 Å². The van der Waals surface area contributed by atoms with E-state index in [1.54, 1.807) is 0 Å². The molecule has 1 N–H and O–H groups in total. The average molecular weight is 440 g/mol. The summed E-state index contributed by atoms with van der Waals surface area (Å²) < 4.78 is 6.15. The lowest BCUT2D eigenvalue weighted by atomic mass is 9.95. The Morgan fingerprint density at radius 3 is 1.52 bits per heavy atom. The molecule has 0 rings (SSSR count). The molecule has 0 fully saturated rings. The van der Waals surface area contributed by atoms with Crippen molar-refractivity contribution in [2.75, 3.05) is 26.3 Å². The first kappa shape index (κ1) is 30.9. The molecule has 0 amide bonds. The zero-order valence-corrected chi connectivity index (χ0v) is 22.2. The standard InChI is InChI=1S/C29H61NO/c1-4-7-9-11-15-19-23-29(24-20-16-12-10-8-5-2)28-31-27-22-18-14-13-17-21-26-30-25-6-3/h29-30H,4-28H2,1-3H3. The highest BCUT2D eigenvalue weighted by molar-refractivity contribution is 4.61. The molecule has 0 aromatic carbocycles. The third-order valence-corrected chi connectivity index (χ3v) is 6.60. The van der Waals surface area contributed by atoms with Gasteiger partial charge in [-0.2, -0.15) is 0 Å². The molecule has 0 aromatic heterocycles. The van der Waals surface area contributed by atoms with Crippen molar-refractivity contribution >= 4 is 0 Å². The van der Waals surface area contributed by atoms with Crippen LogP contribution in [-0.2, 0) is 4.74 Å². The second-order valence-corrected chi connectivity index (χ2v) is 9.93. The van der Waals surface area contributed by atoms with Crippen molar-refractivity contribution in [3.63, 3.8) is 0 Å². The molecule has 0 saturated carbocycles. The van der Waals surface area contributed by atoms with Gasteiger partial charge in [0.2, 0.25) is 0 Å². The van der Waals surface area contributed by atoms with Crippen molar-refractivity contribution < 1.29 is 4.74 Å². The predicted octanol–water partition coefficient (Wildman–Crippen LogP) is 9.46. The SMILES string of the molecule is CCCCCCCCC(CCCCCCCC)COCCCCCCCCNCCC. The van der Waals surface area contributed by atoms with Gasteiger partial charge in [-0.1, -0.05) is 124 Å². The van der Waals surface area contributed by atoms with Crippen LogP contribution in [0, 0.1) is 5.92 Å². The Labute approximate surface area is 198 Å². The van der Waals surface area contributed by atoms with E-state index < -0.39 is 0 Å². The van der Waals surface area contributed by atoms with Crippen LogP contribution in [0.15, 0.2) is 0 Å². The molecule has 188 valence electrons. The van der Waals surface area contributed by atoms with E-state index in [9.17, 15) is 0 Å². The second-order valence-electron chi connectivity index (χ2n) is 9.93. The second kappa shape index (κ2) is 28.0. The molecule has 0 aliphatic carbocycles. The molecule has 0 aliphatic rings. The smallest absolute Gasteiger partial charge is 0.0494 e. The van der Waals surface area contributed by atoms with E-state index in [-0.39, 0.29) is 0 Å². The summed E-state index contributed by atoms with van der Waals surface area (Å²) in [4.78, 5) is 0. The minimum atomic E-state index is 0.813. The molecule has 0 aliphatic heterocycles. The fourth-order valence-electron chi connectivity index (χ4n) is 4.45. The minimum absolute atomic E-state index is 0.813. The minimum Gasteiger partial charge on any atom is -0.381 e. The van der Waals surface area contributed by atoms with Crippen molar-refractivity contribution in [1.29, 1.82) is 0 Å². The number of rotatable bonds is 27. The Balaban J connectivity index is 3.71. The first-order valence-corrected chi connectivity index (χ1v) is 14.6. The van der Waals surface area contributed by atoms with Crippen LogP contribution in [0.1, 0.15) is 156 Å². The lowest BCUT2D eigenvalue weighted by molar-refractivity contribution is 0.0878. The Hall–Kier alpha value is -0.0800. The highest BCUT2D eigenvalue weighted by Gasteiger charge is 2.09. The first-order chi connectivity index (χ1) is 15.3. The van der Waals surface area contributed by atoms with E-state index in [0.717, 1.165) is 19.1 Å². The molecular weight excluding hydrogens is 378 g/mol. The van der Waals surface area contributed by atoms with Gasteiger partial charge in [-0.3, -0.25) is 0 Å². The van der Waals surface area contributed by atoms with Gasteiger partial charge in [-0.25, -0.2) is 0 Å². The van der Waals surface area contributed by atoms with Crippen molar-refractivity contribution in [3.05, 3.63) is 0 Å². The number of hydrogen-bond donors (Lipinski definition) is 1. The summed E-state index contributed by atoms with van der Waals surface area (Å²) in [6.45, 7) is 11.2. The van der Waals surface area contributed by atoms with Gasteiger partial charge in [0.25, 0.3) is 0 Å². The largest absolute Gasteiger partial charge is 0.381 e. The predicted molar refractivity (Wildman–Crippen MR) is 141 cm³/mol. The quantitative estimate of drug-likeness (QED) is 0.129. The molecule has 2 heteroatoms. The van der Waals surface area contributed by atoms with Gasteiger partial charge in [-0.05, 0) is 51.1 Å². The topological polar surface area (TPSA) is 21.3 Å². The molecule has 0 saturated heterocycles. The van der Waals surface area contributed by atoms with Crippen LogP contribution in [0.2, 0.25) is 0 Å². The number of hydrogen-bond acceptors (Lipinski definition) is 2. The summed E-state index contributed by atoms with van der Waals surface area (Å²) >= 11 is 0. The van der Waals surface area contributed by atoms with Crippen LogP contribution in [0.25, 0.3) is 0 Å². The van der Waals surface area contributed by atoms with E-state index >= 15 is 0 Å². The fraction of sp³-hybridized carbons (Fsp3) is 1.00. The molecule has 0 radical (unpaired) electrons. The van der Waals surface area contributed by atoms with Gasteiger partial charge in [0, 0.05) is 13.2 Å². The molecule has 0 spiro atoms. The van der Waals surface area contributed by atoms with E-state index in [0.29, 0.717) is 0 Å². The van der Waals surface area contributed by atoms with Crippen LogP contribution in [-0.4, -0.2) is 26.3 Å². The average Bonchev–Trinajstić information content (AvgIpc) is 2.78. The Kier molecular flexibility index (Phi) is 27.9. The molecule has 0 atom stereocenters. The zero-order valence-electron chi connectivity index (χ0n) is 22.2. The maximum Gasteiger partial charge on any atom is 0.0494 e. The summed E-state index contributed by atoms with van der Waals surface area (Å²) in [5.41, 5.74) is 0. The van der Waals surface area contributed by atoms with Crippen LogP contribution in [0.4, 0.5) is 0 Å². The Morgan fingerprint density at radius 2 is 0.968 bits per heavy atom. The molecule has 0 aromatic rings. The summed E-state index contributed by atoms with van der Waals surface area (Å²) in [7, 11) is 0. The lowest BCUT2D eigenvalue weighted by Gasteiger charge is -2.17. The van der Waals surface area contributed by atoms with Gasteiger partial charge < -0.3 is 10.1 Å². The Morgan fingerprint density at radius 1 is 0.484 bits per heavy atom. The van der Waals surface area contributed by atoms with Crippen molar-refractivity contribution in [3.8, 4) is 0 Å². The van der Waals surface area contributed by atoms with E-state index in [1.165, 1.54) is 148 Å². The van der Waals surface area contributed by atoms with E-state index in [1.807, 2.05) is 0 Å².